The third-order valence-electron chi connectivity index (χ3n) is 19.3. The molecule has 0 N–H and O–H groups in total. The zero-order valence-corrected chi connectivity index (χ0v) is 31.7. The van der Waals surface area contributed by atoms with Crippen molar-refractivity contribution in [1.29, 1.82) is 0 Å². The molecule has 0 saturated heterocycles. The normalized spacial score (nSPS) is 51.5. The van der Waals surface area contributed by atoms with E-state index < -0.39 is 0 Å². The largest absolute Gasteiger partial charge is 0.0651 e. The first-order chi connectivity index (χ1) is 22.4. The molecular weight excluding hydrogens is 553 g/mol. The summed E-state index contributed by atoms with van der Waals surface area (Å²) < 4.78 is 0. The molecule has 0 heteroatoms. The van der Waals surface area contributed by atoms with E-state index in [0.29, 0.717) is 5.41 Å². The van der Waals surface area contributed by atoms with E-state index in [9.17, 15) is 0 Å². The second kappa shape index (κ2) is 13.3. The van der Waals surface area contributed by atoms with Gasteiger partial charge in [0.25, 0.3) is 0 Å². The third-order valence-corrected chi connectivity index (χ3v) is 19.3. The van der Waals surface area contributed by atoms with E-state index in [1.54, 1.807) is 109 Å². The quantitative estimate of drug-likeness (QED) is 0.262. The third kappa shape index (κ3) is 5.21. The van der Waals surface area contributed by atoms with Gasteiger partial charge in [-0.1, -0.05) is 106 Å². The molecule has 0 bridgehead atoms. The van der Waals surface area contributed by atoms with E-state index in [-0.39, 0.29) is 0 Å². The highest BCUT2D eigenvalue weighted by molar-refractivity contribution is 5.18. The summed E-state index contributed by atoms with van der Waals surface area (Å²) in [5, 5.41) is 0. The van der Waals surface area contributed by atoms with Gasteiger partial charge in [-0.3, -0.25) is 0 Å². The molecule has 0 aliphatic heterocycles. The van der Waals surface area contributed by atoms with Crippen LogP contribution in [0.2, 0.25) is 0 Å². The van der Waals surface area contributed by atoms with Gasteiger partial charge in [-0.15, -0.1) is 0 Å². The summed E-state index contributed by atoms with van der Waals surface area (Å²) in [7, 11) is 0. The Morgan fingerprint density at radius 1 is 0.500 bits per heavy atom. The van der Waals surface area contributed by atoms with E-state index in [1.165, 1.54) is 25.7 Å². The molecule has 8 rings (SSSR count). The fourth-order valence-electron chi connectivity index (χ4n) is 17.9. The second-order valence-electron chi connectivity index (χ2n) is 20.5. The van der Waals surface area contributed by atoms with Crippen molar-refractivity contribution >= 4 is 0 Å². The minimum absolute atomic E-state index is 0.697. The fraction of sp³-hybridized carbons (Fsp3) is 1.00. The Hall–Kier alpha value is 0. The SMILES string of the molecule is CCC(CC)C1CC(C(CC)CC)CC2(C1)C1CCC3C4CC5CCCCC5CC4CC3C1C1CC(C(C)C)C3CCCCC3C12. The van der Waals surface area contributed by atoms with Gasteiger partial charge in [0.1, 0.15) is 0 Å². The Labute approximate surface area is 287 Å². The van der Waals surface area contributed by atoms with Gasteiger partial charge in [-0.05, 0) is 183 Å². The maximum Gasteiger partial charge on any atom is -0.0227 e. The molecule has 0 nitrogen and oxygen atoms in total. The van der Waals surface area contributed by atoms with Crippen molar-refractivity contribution in [3.63, 3.8) is 0 Å². The molecule has 15 unspecified atom stereocenters. The second-order valence-corrected chi connectivity index (χ2v) is 20.5. The van der Waals surface area contributed by atoms with Gasteiger partial charge < -0.3 is 0 Å². The number of hydrogen-bond donors (Lipinski definition) is 0. The first-order valence-electron chi connectivity index (χ1n) is 22.4. The van der Waals surface area contributed by atoms with Crippen LogP contribution in [0.1, 0.15) is 176 Å². The molecule has 8 aliphatic rings. The van der Waals surface area contributed by atoms with Crippen LogP contribution in [0.4, 0.5) is 0 Å². The molecule has 15 atom stereocenters. The van der Waals surface area contributed by atoms with E-state index in [1.807, 2.05) is 0 Å². The molecule has 8 aliphatic carbocycles. The molecule has 0 aromatic heterocycles. The van der Waals surface area contributed by atoms with Crippen molar-refractivity contribution in [3.05, 3.63) is 0 Å². The van der Waals surface area contributed by atoms with E-state index in [0.717, 1.165) is 107 Å². The van der Waals surface area contributed by atoms with Gasteiger partial charge in [0, 0.05) is 0 Å². The summed E-state index contributed by atoms with van der Waals surface area (Å²) in [4.78, 5) is 0. The molecule has 0 amide bonds. The lowest BCUT2D eigenvalue weighted by Gasteiger charge is -2.59. The smallest absolute Gasteiger partial charge is 0.0227 e. The van der Waals surface area contributed by atoms with Crippen LogP contribution in [-0.2, 0) is 0 Å². The highest BCUT2D eigenvalue weighted by Gasteiger charge is 2.70. The first kappa shape index (κ1) is 33.2. The van der Waals surface area contributed by atoms with Crippen molar-refractivity contribution in [2.24, 2.45) is 112 Å². The molecule has 1 spiro atoms. The van der Waals surface area contributed by atoms with Crippen molar-refractivity contribution in [2.45, 2.75) is 176 Å². The average molecular weight is 631 g/mol. The van der Waals surface area contributed by atoms with E-state index in [2.05, 4.69) is 41.5 Å². The maximum atomic E-state index is 2.65. The van der Waals surface area contributed by atoms with Crippen LogP contribution in [0.25, 0.3) is 0 Å². The van der Waals surface area contributed by atoms with Crippen LogP contribution in [-0.4, -0.2) is 0 Å². The zero-order valence-electron chi connectivity index (χ0n) is 31.7. The summed E-state index contributed by atoms with van der Waals surface area (Å²) >= 11 is 0. The molecule has 0 aromatic carbocycles. The van der Waals surface area contributed by atoms with Gasteiger partial charge >= 0.3 is 0 Å². The average Bonchev–Trinajstić information content (AvgIpc) is 3.56. The summed E-state index contributed by atoms with van der Waals surface area (Å²) in [6.45, 7) is 15.6. The Kier molecular flexibility index (Phi) is 9.57. The van der Waals surface area contributed by atoms with Gasteiger partial charge in [0.15, 0.2) is 0 Å². The molecule has 46 heavy (non-hydrogen) atoms. The van der Waals surface area contributed by atoms with Gasteiger partial charge in [0.2, 0.25) is 0 Å². The molecule has 262 valence electrons. The summed E-state index contributed by atoms with van der Waals surface area (Å²) in [6, 6.07) is 0. The van der Waals surface area contributed by atoms with Crippen LogP contribution >= 0.6 is 0 Å². The minimum Gasteiger partial charge on any atom is -0.0651 e. The van der Waals surface area contributed by atoms with Gasteiger partial charge in [-0.25, -0.2) is 0 Å². The van der Waals surface area contributed by atoms with Gasteiger partial charge in [-0.2, -0.15) is 0 Å². The van der Waals surface area contributed by atoms with Crippen LogP contribution in [0.3, 0.4) is 0 Å². The fourth-order valence-corrected chi connectivity index (χ4v) is 17.9. The molecule has 0 radical (unpaired) electrons. The summed E-state index contributed by atoms with van der Waals surface area (Å²) in [5.41, 5.74) is 0.697. The molecule has 8 fully saturated rings. The van der Waals surface area contributed by atoms with E-state index >= 15 is 0 Å². The Morgan fingerprint density at radius 2 is 1.09 bits per heavy atom. The topological polar surface area (TPSA) is 0 Å². The van der Waals surface area contributed by atoms with Crippen LogP contribution < -0.4 is 0 Å². The summed E-state index contributed by atoms with van der Waals surface area (Å²) in [6.07, 6.45) is 33.3. The van der Waals surface area contributed by atoms with Crippen molar-refractivity contribution in [2.75, 3.05) is 0 Å². The number of hydrogen-bond acceptors (Lipinski definition) is 0. The maximum absolute atomic E-state index is 2.65. The molecule has 8 saturated carbocycles. The molecular formula is C46H78. The number of fused-ring (bicyclic) bond motifs is 12. The van der Waals surface area contributed by atoms with Gasteiger partial charge in [0.05, 0.1) is 0 Å². The monoisotopic (exact) mass is 631 g/mol. The Morgan fingerprint density at radius 3 is 1.72 bits per heavy atom. The highest BCUT2D eigenvalue weighted by atomic mass is 14.7. The lowest BCUT2D eigenvalue weighted by atomic mass is 9.46. The minimum atomic E-state index is 0.697. The van der Waals surface area contributed by atoms with Crippen LogP contribution in [0, 0.1) is 112 Å². The standard InChI is InChI=1S/C46H78/c1-7-29(8-2)34-22-35(30(9-3)10-4)27-46(26-34)43-20-19-37-40-23-32-16-12-11-15-31(32)21-33(40)24-41(37)44(43)42-25-39(28(5)6)36-17-13-14-18-38(36)45(42)46/h28-45H,7-27H2,1-6H3. The lowest BCUT2D eigenvalue weighted by Crippen LogP contribution is -2.51. The highest BCUT2D eigenvalue weighted by Crippen LogP contribution is 2.77. The number of rotatable bonds is 7. The van der Waals surface area contributed by atoms with Crippen molar-refractivity contribution < 1.29 is 0 Å². The first-order valence-corrected chi connectivity index (χ1v) is 22.4. The summed E-state index contributed by atoms with van der Waals surface area (Å²) in [5.74, 6) is 19.2. The van der Waals surface area contributed by atoms with E-state index in [4.69, 9.17) is 0 Å². The predicted molar refractivity (Wildman–Crippen MR) is 196 cm³/mol. The zero-order chi connectivity index (χ0) is 31.7. The van der Waals surface area contributed by atoms with Crippen LogP contribution in [0.15, 0.2) is 0 Å². The molecule has 0 aromatic rings. The lowest BCUT2D eigenvalue weighted by molar-refractivity contribution is -0.0976. The molecule has 0 heterocycles. The Balaban J connectivity index is 1.21. The Bertz CT molecular complexity index is 995. The van der Waals surface area contributed by atoms with Crippen molar-refractivity contribution in [3.8, 4) is 0 Å². The predicted octanol–water partition coefficient (Wildman–Crippen LogP) is 13.5. The van der Waals surface area contributed by atoms with Crippen molar-refractivity contribution in [1.82, 2.24) is 0 Å². The van der Waals surface area contributed by atoms with Crippen LogP contribution in [0.5, 0.6) is 0 Å².